The van der Waals surface area contributed by atoms with E-state index in [2.05, 4.69) is 26.0 Å². The number of ether oxygens (including phenoxy) is 2. The molecule has 0 aromatic heterocycles. The lowest BCUT2D eigenvalue weighted by molar-refractivity contribution is -0.232. The fourth-order valence-electron chi connectivity index (χ4n) is 2.03. The van der Waals surface area contributed by atoms with E-state index < -0.39 is 0 Å². The van der Waals surface area contributed by atoms with E-state index in [1.54, 1.807) is 0 Å². The quantitative estimate of drug-likeness (QED) is 0.740. The highest BCUT2D eigenvalue weighted by atomic mass is 16.7. The lowest BCUT2D eigenvalue weighted by Crippen LogP contribution is -2.36. The van der Waals surface area contributed by atoms with Crippen molar-refractivity contribution in [1.29, 1.82) is 0 Å². The topological polar surface area (TPSA) is 18.5 Å². The lowest BCUT2D eigenvalue weighted by atomic mass is 10.1. The van der Waals surface area contributed by atoms with Crippen molar-refractivity contribution in [3.8, 4) is 0 Å². The molecule has 0 spiro atoms. The minimum Gasteiger partial charge on any atom is -0.349 e. The molecule has 1 heterocycles. The van der Waals surface area contributed by atoms with Crippen LogP contribution in [0.1, 0.15) is 25.8 Å². The van der Waals surface area contributed by atoms with E-state index in [1.807, 2.05) is 18.2 Å². The van der Waals surface area contributed by atoms with Gasteiger partial charge in [-0.3, -0.25) is 0 Å². The van der Waals surface area contributed by atoms with E-state index >= 15 is 0 Å². The summed E-state index contributed by atoms with van der Waals surface area (Å²) in [6.07, 6.45) is 2.37. The van der Waals surface area contributed by atoms with E-state index in [9.17, 15) is 0 Å². The van der Waals surface area contributed by atoms with Crippen molar-refractivity contribution < 1.29 is 9.47 Å². The summed E-state index contributed by atoms with van der Waals surface area (Å²) >= 11 is 0. The lowest BCUT2D eigenvalue weighted by Gasteiger charge is -2.32. The van der Waals surface area contributed by atoms with Gasteiger partial charge in [-0.25, -0.2) is 0 Å². The van der Waals surface area contributed by atoms with Crippen LogP contribution >= 0.6 is 0 Å². The molecule has 82 valence electrons. The first kappa shape index (κ1) is 10.7. The normalized spacial score (nSPS) is 31.5. The van der Waals surface area contributed by atoms with Crippen molar-refractivity contribution in [3.63, 3.8) is 0 Å². The van der Waals surface area contributed by atoms with Crippen LogP contribution in [0.2, 0.25) is 0 Å². The molecule has 2 nitrogen and oxygen atoms in total. The van der Waals surface area contributed by atoms with Gasteiger partial charge >= 0.3 is 0 Å². The Hall–Kier alpha value is -0.860. The SMILES string of the molecule is C[C@@H]1C[C@H](C)OC(Cc2ccccc2)O1. The number of rotatable bonds is 2. The monoisotopic (exact) mass is 206 g/mol. The second kappa shape index (κ2) is 4.77. The molecule has 2 heteroatoms. The van der Waals surface area contributed by atoms with E-state index in [1.165, 1.54) is 5.56 Å². The minimum atomic E-state index is -0.0776. The van der Waals surface area contributed by atoms with Crippen molar-refractivity contribution in [3.05, 3.63) is 35.9 Å². The second-order valence-electron chi connectivity index (χ2n) is 4.25. The summed E-state index contributed by atoms with van der Waals surface area (Å²) in [7, 11) is 0. The highest BCUT2D eigenvalue weighted by Crippen LogP contribution is 2.20. The summed E-state index contributed by atoms with van der Waals surface area (Å²) in [6, 6.07) is 10.3. The summed E-state index contributed by atoms with van der Waals surface area (Å²) in [5.74, 6) is 0. The van der Waals surface area contributed by atoms with Crippen molar-refractivity contribution in [2.24, 2.45) is 0 Å². The Balaban J connectivity index is 1.94. The molecule has 1 aromatic rings. The van der Waals surface area contributed by atoms with Gasteiger partial charge in [0.15, 0.2) is 6.29 Å². The molecule has 3 atom stereocenters. The van der Waals surface area contributed by atoms with Crippen molar-refractivity contribution in [2.45, 2.75) is 45.2 Å². The highest BCUT2D eigenvalue weighted by molar-refractivity contribution is 5.15. The van der Waals surface area contributed by atoms with Crippen LogP contribution in [0.25, 0.3) is 0 Å². The van der Waals surface area contributed by atoms with E-state index in [4.69, 9.17) is 9.47 Å². The molecule has 1 aromatic carbocycles. The zero-order chi connectivity index (χ0) is 10.7. The van der Waals surface area contributed by atoms with Crippen LogP contribution in [0.5, 0.6) is 0 Å². The molecule has 0 saturated carbocycles. The Kier molecular flexibility index (Phi) is 3.39. The molecular formula is C13H18O2. The van der Waals surface area contributed by atoms with E-state index in [0.717, 1.165) is 12.8 Å². The number of hydrogen-bond donors (Lipinski definition) is 0. The molecule has 0 N–H and O–H groups in total. The van der Waals surface area contributed by atoms with Gasteiger partial charge in [-0.05, 0) is 25.8 Å². The highest BCUT2D eigenvalue weighted by Gasteiger charge is 2.24. The maximum Gasteiger partial charge on any atom is 0.162 e. The molecular weight excluding hydrogens is 188 g/mol. The first-order chi connectivity index (χ1) is 7.24. The third-order valence-electron chi connectivity index (χ3n) is 2.68. The molecule has 2 rings (SSSR count). The van der Waals surface area contributed by atoms with Crippen LogP contribution in [0.4, 0.5) is 0 Å². The molecule has 1 aliphatic heterocycles. The third kappa shape index (κ3) is 3.05. The van der Waals surface area contributed by atoms with Gasteiger partial charge in [0.1, 0.15) is 0 Å². The zero-order valence-corrected chi connectivity index (χ0v) is 9.35. The van der Waals surface area contributed by atoms with Gasteiger partial charge < -0.3 is 9.47 Å². The summed E-state index contributed by atoms with van der Waals surface area (Å²) in [4.78, 5) is 0. The second-order valence-corrected chi connectivity index (χ2v) is 4.25. The maximum atomic E-state index is 5.74. The van der Waals surface area contributed by atoms with Crippen molar-refractivity contribution >= 4 is 0 Å². The van der Waals surface area contributed by atoms with Crippen molar-refractivity contribution in [2.75, 3.05) is 0 Å². The molecule has 15 heavy (non-hydrogen) atoms. The largest absolute Gasteiger partial charge is 0.349 e. The third-order valence-corrected chi connectivity index (χ3v) is 2.68. The molecule has 0 bridgehead atoms. The fraction of sp³-hybridized carbons (Fsp3) is 0.538. The molecule has 1 saturated heterocycles. The van der Waals surface area contributed by atoms with Crippen LogP contribution in [0.15, 0.2) is 30.3 Å². The fourth-order valence-corrected chi connectivity index (χ4v) is 2.03. The Labute approximate surface area is 91.2 Å². The van der Waals surface area contributed by atoms with Crippen LogP contribution < -0.4 is 0 Å². The molecule has 0 amide bonds. The number of benzene rings is 1. The zero-order valence-electron chi connectivity index (χ0n) is 9.35. The molecule has 0 aliphatic carbocycles. The molecule has 1 aliphatic rings. The van der Waals surface area contributed by atoms with E-state index in [0.29, 0.717) is 12.2 Å². The Morgan fingerprint density at radius 2 is 1.67 bits per heavy atom. The maximum absolute atomic E-state index is 5.74. The average molecular weight is 206 g/mol. The van der Waals surface area contributed by atoms with Crippen LogP contribution in [0.3, 0.4) is 0 Å². The van der Waals surface area contributed by atoms with Crippen LogP contribution in [-0.4, -0.2) is 18.5 Å². The first-order valence-electron chi connectivity index (χ1n) is 5.59. The Morgan fingerprint density at radius 1 is 1.07 bits per heavy atom. The summed E-state index contributed by atoms with van der Waals surface area (Å²) in [6.45, 7) is 4.22. The Bertz CT molecular complexity index is 287. The van der Waals surface area contributed by atoms with Crippen molar-refractivity contribution in [1.82, 2.24) is 0 Å². The van der Waals surface area contributed by atoms with Crippen LogP contribution in [-0.2, 0) is 15.9 Å². The predicted molar refractivity (Wildman–Crippen MR) is 59.6 cm³/mol. The van der Waals surface area contributed by atoms with Crippen LogP contribution in [0, 0.1) is 0 Å². The first-order valence-corrected chi connectivity index (χ1v) is 5.59. The van der Waals surface area contributed by atoms with Gasteiger partial charge in [0.2, 0.25) is 0 Å². The molecule has 0 radical (unpaired) electrons. The minimum absolute atomic E-state index is 0.0776. The molecule has 1 unspecified atom stereocenters. The van der Waals surface area contributed by atoms with Gasteiger partial charge in [-0.15, -0.1) is 0 Å². The summed E-state index contributed by atoms with van der Waals surface area (Å²) < 4.78 is 11.5. The average Bonchev–Trinajstić information content (AvgIpc) is 2.17. The summed E-state index contributed by atoms with van der Waals surface area (Å²) in [5, 5.41) is 0. The van der Waals surface area contributed by atoms with Gasteiger partial charge in [-0.1, -0.05) is 30.3 Å². The van der Waals surface area contributed by atoms with Gasteiger partial charge in [0.05, 0.1) is 12.2 Å². The number of hydrogen-bond acceptors (Lipinski definition) is 2. The van der Waals surface area contributed by atoms with Gasteiger partial charge in [0, 0.05) is 6.42 Å². The van der Waals surface area contributed by atoms with Gasteiger partial charge in [-0.2, -0.15) is 0 Å². The molecule has 1 fully saturated rings. The van der Waals surface area contributed by atoms with Gasteiger partial charge in [0.25, 0.3) is 0 Å². The van der Waals surface area contributed by atoms with E-state index in [-0.39, 0.29) is 6.29 Å². The predicted octanol–water partition coefficient (Wildman–Crippen LogP) is 2.77. The standard InChI is InChI=1S/C13H18O2/c1-10-8-11(2)15-13(14-10)9-12-6-4-3-5-7-12/h3-7,10-11,13H,8-9H2,1-2H3/t10-,11+,13?. The smallest absolute Gasteiger partial charge is 0.162 e. The summed E-state index contributed by atoms with van der Waals surface area (Å²) in [5.41, 5.74) is 1.27. The Morgan fingerprint density at radius 3 is 2.27 bits per heavy atom.